The molecule has 2 rings (SSSR count). The fourth-order valence-corrected chi connectivity index (χ4v) is 3.58. The number of thiazole rings is 1. The van der Waals surface area contributed by atoms with Gasteiger partial charge in [0.05, 0.1) is 24.4 Å². The van der Waals surface area contributed by atoms with E-state index in [4.69, 9.17) is 9.47 Å². The van der Waals surface area contributed by atoms with Gasteiger partial charge in [-0.25, -0.2) is 4.98 Å². The first-order chi connectivity index (χ1) is 13.7. The topological polar surface area (TPSA) is 67.8 Å². The average molecular weight is 532 g/mol. The summed E-state index contributed by atoms with van der Waals surface area (Å²) in [5, 5.41) is 10.1. The molecular weight excluding hydrogens is 499 g/mol. The van der Waals surface area contributed by atoms with Crippen molar-refractivity contribution in [3.8, 4) is 11.5 Å². The lowest BCUT2D eigenvalue weighted by Gasteiger charge is -2.13. The van der Waals surface area contributed by atoms with E-state index >= 15 is 0 Å². The van der Waals surface area contributed by atoms with E-state index in [2.05, 4.69) is 45.0 Å². The molecule has 0 spiro atoms. The highest BCUT2D eigenvalue weighted by atomic mass is 127. The van der Waals surface area contributed by atoms with Crippen LogP contribution in [0.2, 0.25) is 0 Å². The van der Waals surface area contributed by atoms with E-state index in [1.54, 1.807) is 25.5 Å². The number of guanidine groups is 1. The summed E-state index contributed by atoms with van der Waals surface area (Å²) in [5.41, 5.74) is 2.39. The Morgan fingerprint density at radius 3 is 2.59 bits per heavy atom. The van der Waals surface area contributed by atoms with Crippen LogP contribution in [-0.4, -0.2) is 44.8 Å². The van der Waals surface area contributed by atoms with Gasteiger partial charge >= 0.3 is 0 Å². The molecule has 29 heavy (non-hydrogen) atoms. The molecule has 8 heteroatoms. The quantitative estimate of drug-likeness (QED) is 0.198. The highest BCUT2D eigenvalue weighted by Gasteiger charge is 2.06. The molecule has 1 heterocycles. The first-order valence-electron chi connectivity index (χ1n) is 9.87. The molecule has 0 amide bonds. The zero-order chi connectivity index (χ0) is 20.2. The standard InChI is InChI=1S/C21H32N4O2S.HI/c1-5-20-25-17(15-28-20)11-13-24-21(22-3)23-12-7-8-16-9-10-18(26-4)19(14-16)27-6-2;/h9-10,14-15H,5-8,11-13H2,1-4H3,(H2,22,23,24);1H. The maximum Gasteiger partial charge on any atom is 0.190 e. The Kier molecular flexibility index (Phi) is 12.7. The Morgan fingerprint density at radius 2 is 1.93 bits per heavy atom. The maximum atomic E-state index is 5.65. The van der Waals surface area contributed by atoms with Gasteiger partial charge in [-0.3, -0.25) is 4.99 Å². The summed E-state index contributed by atoms with van der Waals surface area (Å²) in [6, 6.07) is 6.12. The number of aliphatic imine (C=N–C) groups is 1. The molecule has 0 aliphatic heterocycles. The van der Waals surface area contributed by atoms with Gasteiger partial charge < -0.3 is 20.1 Å². The normalized spacial score (nSPS) is 11.0. The number of nitrogens with zero attached hydrogens (tertiary/aromatic N) is 2. The van der Waals surface area contributed by atoms with Crippen molar-refractivity contribution in [3.05, 3.63) is 39.8 Å². The molecule has 0 atom stereocenters. The van der Waals surface area contributed by atoms with E-state index in [0.717, 1.165) is 61.9 Å². The molecule has 0 bridgehead atoms. The summed E-state index contributed by atoms with van der Waals surface area (Å²) >= 11 is 1.73. The Morgan fingerprint density at radius 1 is 1.14 bits per heavy atom. The Hall–Kier alpha value is -1.55. The molecule has 1 aromatic heterocycles. The summed E-state index contributed by atoms with van der Waals surface area (Å²) in [6.45, 7) is 6.42. The van der Waals surface area contributed by atoms with Crippen LogP contribution in [-0.2, 0) is 19.3 Å². The highest BCUT2D eigenvalue weighted by Crippen LogP contribution is 2.28. The maximum absolute atomic E-state index is 5.65. The third kappa shape index (κ3) is 8.77. The van der Waals surface area contributed by atoms with Crippen molar-refractivity contribution in [2.45, 2.75) is 39.5 Å². The molecule has 2 N–H and O–H groups in total. The van der Waals surface area contributed by atoms with Gasteiger partial charge in [0.15, 0.2) is 17.5 Å². The zero-order valence-electron chi connectivity index (χ0n) is 17.8. The van der Waals surface area contributed by atoms with Crippen LogP contribution < -0.4 is 20.1 Å². The van der Waals surface area contributed by atoms with E-state index in [1.165, 1.54) is 10.6 Å². The molecular formula is C21H33IN4O2S. The lowest BCUT2D eigenvalue weighted by atomic mass is 10.1. The minimum atomic E-state index is 0. The van der Waals surface area contributed by atoms with E-state index in [9.17, 15) is 0 Å². The predicted molar refractivity (Wildman–Crippen MR) is 132 cm³/mol. The third-order valence-electron chi connectivity index (χ3n) is 4.26. The number of ether oxygens (including phenoxy) is 2. The van der Waals surface area contributed by atoms with Crippen LogP contribution >= 0.6 is 35.3 Å². The molecule has 162 valence electrons. The molecule has 6 nitrogen and oxygen atoms in total. The van der Waals surface area contributed by atoms with E-state index in [1.807, 2.05) is 13.0 Å². The van der Waals surface area contributed by atoms with Gasteiger partial charge in [0.2, 0.25) is 0 Å². The van der Waals surface area contributed by atoms with E-state index in [-0.39, 0.29) is 24.0 Å². The number of halogens is 1. The lowest BCUT2D eigenvalue weighted by molar-refractivity contribution is 0.310. The number of aryl methyl sites for hydroxylation is 2. The molecule has 0 aliphatic carbocycles. The molecule has 2 aromatic rings. The number of benzene rings is 1. The van der Waals surface area contributed by atoms with Crippen molar-refractivity contribution in [1.82, 2.24) is 15.6 Å². The number of hydrogen-bond donors (Lipinski definition) is 2. The minimum Gasteiger partial charge on any atom is -0.493 e. The van der Waals surface area contributed by atoms with Gasteiger partial charge in [0, 0.05) is 31.9 Å². The zero-order valence-corrected chi connectivity index (χ0v) is 20.9. The van der Waals surface area contributed by atoms with Crippen molar-refractivity contribution < 1.29 is 9.47 Å². The Bertz CT molecular complexity index is 752. The SMILES string of the molecule is CCOc1cc(CCCNC(=NC)NCCc2csc(CC)n2)ccc1OC.I. The van der Waals surface area contributed by atoms with Crippen LogP contribution in [0.15, 0.2) is 28.6 Å². The van der Waals surface area contributed by atoms with Crippen LogP contribution in [0, 0.1) is 0 Å². The average Bonchev–Trinajstić information content (AvgIpc) is 3.18. The van der Waals surface area contributed by atoms with Gasteiger partial charge in [-0.1, -0.05) is 13.0 Å². The van der Waals surface area contributed by atoms with Gasteiger partial charge in [-0.15, -0.1) is 35.3 Å². The number of methoxy groups -OCH3 is 1. The molecule has 0 unspecified atom stereocenters. The van der Waals surface area contributed by atoms with E-state index in [0.29, 0.717) is 6.61 Å². The Balaban J connectivity index is 0.00000420. The fourth-order valence-electron chi connectivity index (χ4n) is 2.80. The van der Waals surface area contributed by atoms with Crippen LogP contribution in [0.3, 0.4) is 0 Å². The highest BCUT2D eigenvalue weighted by molar-refractivity contribution is 14.0. The van der Waals surface area contributed by atoms with Crippen molar-refractivity contribution in [2.24, 2.45) is 4.99 Å². The summed E-state index contributed by atoms with van der Waals surface area (Å²) in [6.07, 6.45) is 3.88. The van der Waals surface area contributed by atoms with Crippen LogP contribution in [0.5, 0.6) is 11.5 Å². The van der Waals surface area contributed by atoms with Crippen molar-refractivity contribution >= 4 is 41.3 Å². The second-order valence-electron chi connectivity index (χ2n) is 6.28. The van der Waals surface area contributed by atoms with Crippen molar-refractivity contribution in [1.29, 1.82) is 0 Å². The van der Waals surface area contributed by atoms with Crippen molar-refractivity contribution in [3.63, 3.8) is 0 Å². The van der Waals surface area contributed by atoms with Gasteiger partial charge in [-0.05, 0) is 43.9 Å². The summed E-state index contributed by atoms with van der Waals surface area (Å²) < 4.78 is 11.0. The molecule has 0 radical (unpaired) electrons. The molecule has 1 aromatic carbocycles. The molecule has 0 fully saturated rings. The first-order valence-corrected chi connectivity index (χ1v) is 10.8. The third-order valence-corrected chi connectivity index (χ3v) is 5.30. The number of rotatable bonds is 11. The van der Waals surface area contributed by atoms with Crippen LogP contribution in [0.1, 0.15) is 36.5 Å². The first kappa shape index (κ1) is 25.5. The van der Waals surface area contributed by atoms with Crippen LogP contribution in [0.25, 0.3) is 0 Å². The minimum absolute atomic E-state index is 0. The second kappa shape index (κ2) is 14.4. The van der Waals surface area contributed by atoms with E-state index < -0.39 is 0 Å². The Labute approximate surface area is 195 Å². The fraction of sp³-hybridized carbons (Fsp3) is 0.524. The predicted octanol–water partition coefficient (Wildman–Crippen LogP) is 4.07. The summed E-state index contributed by atoms with van der Waals surface area (Å²) in [4.78, 5) is 8.88. The molecule has 0 saturated heterocycles. The smallest absolute Gasteiger partial charge is 0.190 e. The second-order valence-corrected chi connectivity index (χ2v) is 7.23. The van der Waals surface area contributed by atoms with Crippen LogP contribution in [0.4, 0.5) is 0 Å². The largest absolute Gasteiger partial charge is 0.493 e. The van der Waals surface area contributed by atoms with Gasteiger partial charge in [0.25, 0.3) is 0 Å². The summed E-state index contributed by atoms with van der Waals surface area (Å²) in [7, 11) is 3.46. The molecule has 0 saturated carbocycles. The lowest BCUT2D eigenvalue weighted by Crippen LogP contribution is -2.38. The monoisotopic (exact) mass is 532 g/mol. The summed E-state index contributed by atoms with van der Waals surface area (Å²) in [5.74, 6) is 2.41. The van der Waals surface area contributed by atoms with Gasteiger partial charge in [-0.2, -0.15) is 0 Å². The van der Waals surface area contributed by atoms with Gasteiger partial charge in [0.1, 0.15) is 0 Å². The molecule has 0 aliphatic rings. The number of nitrogens with one attached hydrogen (secondary N) is 2. The number of aromatic nitrogens is 1. The number of hydrogen-bond acceptors (Lipinski definition) is 5. The van der Waals surface area contributed by atoms with Crippen molar-refractivity contribution in [2.75, 3.05) is 33.9 Å².